The molecule has 0 atom stereocenters. The number of hydrogen-bond donors (Lipinski definition) is 0. The van der Waals surface area contributed by atoms with Crippen molar-refractivity contribution in [2.75, 3.05) is 0 Å². The molecule has 0 radical (unpaired) electrons. The molecule has 0 amide bonds. The van der Waals surface area contributed by atoms with Crippen molar-refractivity contribution in [3.8, 4) is 11.4 Å². The summed E-state index contributed by atoms with van der Waals surface area (Å²) in [5, 5.41) is 12.6. The fourth-order valence-corrected chi connectivity index (χ4v) is 2.01. The van der Waals surface area contributed by atoms with Gasteiger partial charge < -0.3 is 0 Å². The van der Waals surface area contributed by atoms with Gasteiger partial charge in [0.15, 0.2) is 17.1 Å². The van der Waals surface area contributed by atoms with Crippen molar-refractivity contribution < 1.29 is 0 Å². The molecule has 0 saturated carbocycles. The minimum atomic E-state index is 0.742. The van der Waals surface area contributed by atoms with E-state index in [1.54, 1.807) is 4.63 Å². The van der Waals surface area contributed by atoms with E-state index in [4.69, 9.17) is 0 Å². The van der Waals surface area contributed by atoms with Crippen molar-refractivity contribution in [2.24, 2.45) is 0 Å². The minimum absolute atomic E-state index is 0.742. The summed E-state index contributed by atoms with van der Waals surface area (Å²) in [5.74, 6) is 0.752. The van der Waals surface area contributed by atoms with E-state index in [1.165, 1.54) is 6.33 Å². The highest BCUT2D eigenvalue weighted by atomic mass is 15.5. The predicted octanol–water partition coefficient (Wildman–Crippen LogP) is 1.44. The Morgan fingerprint density at radius 2 is 1.67 bits per heavy atom. The number of fused-ring (bicyclic) bond motifs is 3. The van der Waals surface area contributed by atoms with Gasteiger partial charge in [-0.3, -0.25) is 0 Å². The summed E-state index contributed by atoms with van der Waals surface area (Å²) in [4.78, 5) is 4.16. The summed E-state index contributed by atoms with van der Waals surface area (Å²) in [6.07, 6.45) is 1.52. The molecule has 0 aliphatic carbocycles. The molecule has 0 bridgehead atoms. The van der Waals surface area contributed by atoms with E-state index in [0.717, 1.165) is 22.7 Å². The summed E-state index contributed by atoms with van der Waals surface area (Å²) in [6.45, 7) is 0. The Morgan fingerprint density at radius 1 is 0.833 bits per heavy atom. The van der Waals surface area contributed by atoms with Gasteiger partial charge in [-0.15, -0.1) is 19.9 Å². The predicted molar refractivity (Wildman–Crippen MR) is 65.0 cm³/mol. The fraction of sp³-hybridized carbons (Fsp3) is 0. The average molecular weight is 236 g/mol. The number of aromatic nitrogens is 6. The first-order valence-electron chi connectivity index (χ1n) is 5.53. The first-order chi connectivity index (χ1) is 8.93. The van der Waals surface area contributed by atoms with E-state index in [1.807, 2.05) is 47.0 Å². The maximum atomic E-state index is 4.22. The summed E-state index contributed by atoms with van der Waals surface area (Å²) in [6, 6.07) is 13.6. The molecule has 0 spiro atoms. The number of rotatable bonds is 1. The lowest BCUT2D eigenvalue weighted by atomic mass is 10.2. The van der Waals surface area contributed by atoms with Gasteiger partial charge in [0.2, 0.25) is 0 Å². The molecule has 4 rings (SSSR count). The molecule has 0 N–H and O–H groups in total. The lowest BCUT2D eigenvalue weighted by molar-refractivity contribution is 0.746. The number of hydrogen-bond acceptors (Lipinski definition) is 4. The SMILES string of the molecule is c1ccc(-c2nnc3ccc4ncnn4n23)cc1. The Labute approximate surface area is 102 Å². The number of nitrogens with zero attached hydrogens (tertiary/aromatic N) is 6. The monoisotopic (exact) mass is 236 g/mol. The average Bonchev–Trinajstić information content (AvgIpc) is 3.05. The Morgan fingerprint density at radius 3 is 2.56 bits per heavy atom. The van der Waals surface area contributed by atoms with Crippen LogP contribution in [0.25, 0.3) is 22.7 Å². The molecule has 3 heterocycles. The van der Waals surface area contributed by atoms with Crippen LogP contribution in [0.1, 0.15) is 0 Å². The first-order valence-corrected chi connectivity index (χ1v) is 5.53. The van der Waals surface area contributed by atoms with Crippen LogP contribution in [0.2, 0.25) is 0 Å². The second-order valence-electron chi connectivity index (χ2n) is 3.90. The van der Waals surface area contributed by atoms with E-state index in [9.17, 15) is 0 Å². The standard InChI is InChI=1S/C12H8N6/c1-2-4-9(5-3-1)12-16-15-11-7-6-10-13-8-14-18(10)17(11)12/h1-8H. The van der Waals surface area contributed by atoms with E-state index in [0.29, 0.717) is 0 Å². The van der Waals surface area contributed by atoms with Gasteiger partial charge in [-0.25, -0.2) is 4.98 Å². The molecule has 6 nitrogen and oxygen atoms in total. The first kappa shape index (κ1) is 9.29. The fourth-order valence-electron chi connectivity index (χ4n) is 2.01. The summed E-state index contributed by atoms with van der Waals surface area (Å²) in [5.41, 5.74) is 2.50. The van der Waals surface area contributed by atoms with Crippen molar-refractivity contribution in [1.82, 2.24) is 29.4 Å². The van der Waals surface area contributed by atoms with Crippen LogP contribution in [0.15, 0.2) is 48.8 Å². The van der Waals surface area contributed by atoms with Crippen molar-refractivity contribution in [1.29, 1.82) is 0 Å². The van der Waals surface area contributed by atoms with Crippen molar-refractivity contribution in [3.63, 3.8) is 0 Å². The third-order valence-electron chi connectivity index (χ3n) is 2.82. The highest BCUT2D eigenvalue weighted by Gasteiger charge is 2.11. The largest absolute Gasteiger partial charge is 0.213 e. The third kappa shape index (κ3) is 1.17. The smallest absolute Gasteiger partial charge is 0.185 e. The maximum Gasteiger partial charge on any atom is 0.185 e. The van der Waals surface area contributed by atoms with Crippen LogP contribution in [0.5, 0.6) is 0 Å². The molecule has 18 heavy (non-hydrogen) atoms. The van der Waals surface area contributed by atoms with Crippen LogP contribution in [-0.4, -0.2) is 29.4 Å². The van der Waals surface area contributed by atoms with Crippen LogP contribution in [0.3, 0.4) is 0 Å². The van der Waals surface area contributed by atoms with Gasteiger partial charge in [0.1, 0.15) is 6.33 Å². The Balaban J connectivity index is 2.15. The van der Waals surface area contributed by atoms with Gasteiger partial charge in [0.05, 0.1) is 0 Å². The minimum Gasteiger partial charge on any atom is -0.213 e. The van der Waals surface area contributed by atoms with E-state index >= 15 is 0 Å². The molecular weight excluding hydrogens is 228 g/mol. The maximum absolute atomic E-state index is 4.22. The molecule has 0 aliphatic heterocycles. The molecule has 4 aromatic rings. The van der Waals surface area contributed by atoms with Crippen LogP contribution in [0.4, 0.5) is 0 Å². The van der Waals surface area contributed by atoms with E-state index in [2.05, 4.69) is 20.3 Å². The Bertz CT molecular complexity index is 829. The summed E-state index contributed by atoms with van der Waals surface area (Å²) in [7, 11) is 0. The van der Waals surface area contributed by atoms with Gasteiger partial charge >= 0.3 is 0 Å². The van der Waals surface area contributed by atoms with Gasteiger partial charge in [0, 0.05) is 5.56 Å². The molecule has 0 fully saturated rings. The topological polar surface area (TPSA) is 60.4 Å². The van der Waals surface area contributed by atoms with Gasteiger partial charge in [-0.2, -0.15) is 4.52 Å². The van der Waals surface area contributed by atoms with Crippen molar-refractivity contribution in [2.45, 2.75) is 0 Å². The molecule has 3 aromatic heterocycles. The Kier molecular flexibility index (Phi) is 1.74. The quantitative estimate of drug-likeness (QED) is 0.501. The molecular formula is C12H8N6. The van der Waals surface area contributed by atoms with Crippen LogP contribution in [-0.2, 0) is 0 Å². The molecule has 0 aliphatic rings. The molecule has 1 aromatic carbocycles. The normalized spacial score (nSPS) is 11.3. The second-order valence-corrected chi connectivity index (χ2v) is 3.90. The molecule has 0 unspecified atom stereocenters. The van der Waals surface area contributed by atoms with Crippen molar-refractivity contribution in [3.05, 3.63) is 48.8 Å². The van der Waals surface area contributed by atoms with Gasteiger partial charge in [0.25, 0.3) is 0 Å². The molecule has 6 heteroatoms. The van der Waals surface area contributed by atoms with Gasteiger partial charge in [-0.05, 0) is 12.1 Å². The van der Waals surface area contributed by atoms with Crippen LogP contribution in [0, 0.1) is 0 Å². The zero-order chi connectivity index (χ0) is 11.9. The third-order valence-corrected chi connectivity index (χ3v) is 2.82. The summed E-state index contributed by atoms with van der Waals surface area (Å²) >= 11 is 0. The van der Waals surface area contributed by atoms with E-state index in [-0.39, 0.29) is 0 Å². The van der Waals surface area contributed by atoms with Gasteiger partial charge in [-0.1, -0.05) is 30.3 Å². The molecule has 86 valence electrons. The number of benzene rings is 1. The highest BCUT2D eigenvalue weighted by Crippen LogP contribution is 2.17. The lowest BCUT2D eigenvalue weighted by Crippen LogP contribution is -2.03. The van der Waals surface area contributed by atoms with Crippen LogP contribution >= 0.6 is 0 Å². The summed E-state index contributed by atoms with van der Waals surface area (Å²) < 4.78 is 3.54. The lowest BCUT2D eigenvalue weighted by Gasteiger charge is -2.01. The highest BCUT2D eigenvalue weighted by molar-refractivity contribution is 5.59. The zero-order valence-corrected chi connectivity index (χ0v) is 9.30. The van der Waals surface area contributed by atoms with Crippen molar-refractivity contribution >= 4 is 11.3 Å². The van der Waals surface area contributed by atoms with E-state index < -0.39 is 0 Å². The Hall–Kier alpha value is -2.76. The zero-order valence-electron chi connectivity index (χ0n) is 9.30. The van der Waals surface area contributed by atoms with Crippen LogP contribution < -0.4 is 0 Å². The molecule has 0 saturated heterocycles. The second kappa shape index (κ2) is 3.36.